The van der Waals surface area contributed by atoms with Crippen molar-refractivity contribution in [3.63, 3.8) is 0 Å². The summed E-state index contributed by atoms with van der Waals surface area (Å²) in [5.41, 5.74) is 0. The molecule has 0 aromatic carbocycles. The zero-order chi connectivity index (χ0) is 18.4. The molecule has 0 unspecified atom stereocenters. The molecule has 0 aliphatic heterocycles. The maximum absolute atomic E-state index is 13.3. The molecular weight excluding hydrogens is 356 g/mol. The molecule has 23 heavy (non-hydrogen) atoms. The van der Waals surface area contributed by atoms with Crippen molar-refractivity contribution < 1.29 is 44.9 Å². The van der Waals surface area contributed by atoms with E-state index in [0.29, 0.717) is 0 Å². The molecule has 0 N–H and O–H groups in total. The number of hydrogen-bond donors (Lipinski definition) is 0. The number of alkyl halides is 7. The molecule has 0 bridgehead atoms. The van der Waals surface area contributed by atoms with Crippen LogP contribution in [0.15, 0.2) is 0 Å². The SMILES string of the molecule is COC[PH](CCCC(F)(F)C(F)(F)C(F)(F)F)(COC)COC. The van der Waals surface area contributed by atoms with Gasteiger partial charge in [0, 0.05) is 0 Å². The first-order valence-corrected chi connectivity index (χ1v) is 9.51. The predicted molar refractivity (Wildman–Crippen MR) is 74.0 cm³/mol. The number of ether oxygens (including phenoxy) is 3. The van der Waals surface area contributed by atoms with Crippen LogP contribution >= 0.6 is 7.26 Å². The fraction of sp³-hybridized carbons (Fsp3) is 1.00. The van der Waals surface area contributed by atoms with Crippen LogP contribution in [0.5, 0.6) is 0 Å². The average molecular weight is 378 g/mol. The third-order valence-electron chi connectivity index (χ3n) is 3.36. The van der Waals surface area contributed by atoms with Crippen molar-refractivity contribution >= 4 is 7.26 Å². The van der Waals surface area contributed by atoms with Gasteiger partial charge in [-0.15, -0.1) is 0 Å². The van der Waals surface area contributed by atoms with Gasteiger partial charge in [0.25, 0.3) is 0 Å². The fourth-order valence-corrected chi connectivity index (χ4v) is 5.76. The Bertz CT molecular complexity index is 331. The molecule has 0 aromatic rings. The summed E-state index contributed by atoms with van der Waals surface area (Å²) in [6.07, 6.45) is -7.88. The summed E-state index contributed by atoms with van der Waals surface area (Å²) in [5, 5.41) is 0. The Morgan fingerprint density at radius 3 is 1.43 bits per heavy atom. The Hall–Kier alpha value is -0.180. The second-order valence-corrected chi connectivity index (χ2v) is 9.80. The third kappa shape index (κ3) is 5.99. The quantitative estimate of drug-likeness (QED) is 0.399. The minimum atomic E-state index is -6.30. The number of halogens is 7. The molecule has 0 heterocycles. The van der Waals surface area contributed by atoms with E-state index >= 15 is 0 Å². The third-order valence-corrected chi connectivity index (χ3v) is 7.48. The van der Waals surface area contributed by atoms with Crippen molar-refractivity contribution in [1.29, 1.82) is 0 Å². The molecule has 142 valence electrons. The van der Waals surface area contributed by atoms with Gasteiger partial charge >= 0.3 is 130 Å². The Kier molecular flexibility index (Phi) is 8.71. The first kappa shape index (κ1) is 22.8. The van der Waals surface area contributed by atoms with Crippen molar-refractivity contribution in [2.24, 2.45) is 0 Å². The first-order chi connectivity index (χ1) is 10.4. The van der Waals surface area contributed by atoms with Crippen molar-refractivity contribution in [1.82, 2.24) is 0 Å². The molecule has 0 rings (SSSR count). The van der Waals surface area contributed by atoms with E-state index < -0.39 is 38.1 Å². The van der Waals surface area contributed by atoms with Gasteiger partial charge in [-0.1, -0.05) is 0 Å². The van der Waals surface area contributed by atoms with Gasteiger partial charge in [0.05, 0.1) is 0 Å². The van der Waals surface area contributed by atoms with E-state index in [1.165, 1.54) is 21.3 Å². The van der Waals surface area contributed by atoms with Crippen molar-refractivity contribution in [3.8, 4) is 0 Å². The second-order valence-electron chi connectivity index (χ2n) is 5.43. The summed E-state index contributed by atoms with van der Waals surface area (Å²) in [6, 6.07) is 0. The summed E-state index contributed by atoms with van der Waals surface area (Å²) < 4.78 is 103. The second kappa shape index (κ2) is 8.78. The zero-order valence-corrected chi connectivity index (χ0v) is 14.1. The van der Waals surface area contributed by atoms with Crippen LogP contribution in [0.2, 0.25) is 0 Å². The van der Waals surface area contributed by atoms with E-state index in [1.807, 2.05) is 0 Å². The summed E-state index contributed by atoms with van der Waals surface area (Å²) in [7, 11) is 1.60. The molecule has 0 atom stereocenters. The molecule has 0 spiro atoms. The van der Waals surface area contributed by atoms with Crippen LogP contribution in [-0.4, -0.2) is 64.6 Å². The molecule has 0 amide bonds. The zero-order valence-electron chi connectivity index (χ0n) is 13.1. The Labute approximate surface area is 130 Å². The predicted octanol–water partition coefficient (Wildman–Crippen LogP) is 4.16. The molecule has 0 aliphatic rings. The van der Waals surface area contributed by atoms with Crippen molar-refractivity contribution in [2.75, 3.05) is 46.5 Å². The Balaban J connectivity index is 4.93. The van der Waals surface area contributed by atoms with E-state index in [4.69, 9.17) is 14.2 Å². The average Bonchev–Trinajstić information content (AvgIpc) is 2.37. The molecule has 0 aliphatic carbocycles. The van der Waals surface area contributed by atoms with Crippen LogP contribution in [0.1, 0.15) is 12.8 Å². The van der Waals surface area contributed by atoms with Crippen molar-refractivity contribution in [3.05, 3.63) is 0 Å². The van der Waals surface area contributed by atoms with Gasteiger partial charge in [-0.3, -0.25) is 0 Å². The maximum atomic E-state index is 13.3. The van der Waals surface area contributed by atoms with E-state index in [1.54, 1.807) is 0 Å². The van der Waals surface area contributed by atoms with E-state index in [-0.39, 0.29) is 25.2 Å². The summed E-state index contributed by atoms with van der Waals surface area (Å²) in [6.45, 7) is 0. The Morgan fingerprint density at radius 2 is 1.13 bits per heavy atom. The fourth-order valence-electron chi connectivity index (χ4n) is 2.31. The van der Waals surface area contributed by atoms with Gasteiger partial charge in [-0.25, -0.2) is 0 Å². The van der Waals surface area contributed by atoms with Crippen LogP contribution in [0.25, 0.3) is 0 Å². The van der Waals surface area contributed by atoms with E-state index in [2.05, 4.69) is 0 Å². The van der Waals surface area contributed by atoms with E-state index in [9.17, 15) is 30.7 Å². The molecule has 11 heteroatoms. The molecular formula is C12H22F7O3P. The Morgan fingerprint density at radius 1 is 0.739 bits per heavy atom. The summed E-state index contributed by atoms with van der Waals surface area (Å²) in [5.74, 6) is -11.2. The normalized spacial score (nSPS) is 15.0. The molecule has 3 nitrogen and oxygen atoms in total. The van der Waals surface area contributed by atoms with Gasteiger partial charge in [0.1, 0.15) is 0 Å². The molecule has 0 saturated heterocycles. The van der Waals surface area contributed by atoms with Crippen LogP contribution < -0.4 is 0 Å². The molecule has 0 radical (unpaired) electrons. The topological polar surface area (TPSA) is 27.7 Å². The first-order valence-electron chi connectivity index (χ1n) is 6.68. The molecule has 0 aromatic heterocycles. The number of rotatable bonds is 11. The van der Waals surface area contributed by atoms with Gasteiger partial charge in [0.2, 0.25) is 0 Å². The van der Waals surface area contributed by atoms with Gasteiger partial charge in [-0.2, -0.15) is 0 Å². The number of methoxy groups -OCH3 is 3. The minimum absolute atomic E-state index is 0.0199. The number of hydrogen-bond acceptors (Lipinski definition) is 3. The summed E-state index contributed by atoms with van der Waals surface area (Å²) >= 11 is 0. The molecule has 0 saturated carbocycles. The van der Waals surface area contributed by atoms with Gasteiger partial charge < -0.3 is 0 Å². The van der Waals surface area contributed by atoms with Crippen LogP contribution in [0.3, 0.4) is 0 Å². The van der Waals surface area contributed by atoms with Crippen molar-refractivity contribution in [2.45, 2.75) is 30.9 Å². The van der Waals surface area contributed by atoms with E-state index in [0.717, 1.165) is 0 Å². The van der Waals surface area contributed by atoms with Crippen LogP contribution in [0, 0.1) is 0 Å². The standard InChI is InChI=1S/C12H22F7O3P/c1-20-7-23(8-21-2,9-22-3)6-4-5-10(13,14)11(15,16)12(17,18)19/h23H,4-9H2,1-3H3. The summed E-state index contributed by atoms with van der Waals surface area (Å²) in [4.78, 5) is 0. The van der Waals surface area contributed by atoms with Gasteiger partial charge in [-0.05, 0) is 0 Å². The van der Waals surface area contributed by atoms with Crippen LogP contribution in [-0.2, 0) is 14.2 Å². The molecule has 0 fully saturated rings. The van der Waals surface area contributed by atoms with Crippen LogP contribution in [0.4, 0.5) is 30.7 Å². The van der Waals surface area contributed by atoms with Gasteiger partial charge in [0.15, 0.2) is 0 Å². The monoisotopic (exact) mass is 378 g/mol.